The second-order valence-electron chi connectivity index (χ2n) is 4.87. The van der Waals surface area contributed by atoms with Crippen LogP contribution >= 0.6 is 38.9 Å². The van der Waals surface area contributed by atoms with Crippen LogP contribution in [0.3, 0.4) is 0 Å². The highest BCUT2D eigenvalue weighted by molar-refractivity contribution is 9.10. The number of hydrogen-bond donors (Lipinski definition) is 1. The number of halogens is 2. The van der Waals surface area contributed by atoms with Gasteiger partial charge in [0.1, 0.15) is 5.01 Å². The van der Waals surface area contributed by atoms with Crippen molar-refractivity contribution in [3.05, 3.63) is 49.3 Å². The molecule has 0 saturated heterocycles. The molecule has 0 radical (unpaired) electrons. The Kier molecular flexibility index (Phi) is 3.94. The minimum Gasteiger partial charge on any atom is -0.301 e. The molecule has 1 aliphatic rings. The van der Waals surface area contributed by atoms with Crippen LogP contribution in [-0.2, 0) is 0 Å². The molecule has 1 saturated carbocycles. The number of rotatable bonds is 4. The van der Waals surface area contributed by atoms with Crippen molar-refractivity contribution in [1.29, 1.82) is 0 Å². The van der Waals surface area contributed by atoms with E-state index in [1.165, 1.54) is 18.4 Å². The predicted octanol–water partition coefficient (Wildman–Crippen LogP) is 4.71. The quantitative estimate of drug-likeness (QED) is 0.857. The number of hydrogen-bond acceptors (Lipinski definition) is 3. The third-order valence-electron chi connectivity index (χ3n) is 3.14. The van der Waals surface area contributed by atoms with Gasteiger partial charge in [0.15, 0.2) is 0 Å². The Balaban J connectivity index is 1.95. The predicted molar refractivity (Wildman–Crippen MR) is 84.0 cm³/mol. The minimum atomic E-state index is 0.166. The van der Waals surface area contributed by atoms with Crippen molar-refractivity contribution in [3.63, 3.8) is 0 Å². The smallest absolute Gasteiger partial charge is 0.114 e. The zero-order valence-electron chi connectivity index (χ0n) is 10.5. The average Bonchev–Trinajstić information content (AvgIpc) is 3.11. The number of nitrogens with one attached hydrogen (secondary N) is 1. The van der Waals surface area contributed by atoms with Crippen LogP contribution in [0.15, 0.2) is 28.1 Å². The highest BCUT2D eigenvalue weighted by Crippen LogP contribution is 2.33. The Morgan fingerprint density at radius 1 is 1.47 bits per heavy atom. The Hall–Kier alpha value is -0.420. The molecule has 1 unspecified atom stereocenters. The molecule has 3 rings (SSSR count). The number of aryl methyl sites for hydroxylation is 1. The molecule has 1 fully saturated rings. The number of benzene rings is 1. The fraction of sp³-hybridized carbons (Fsp3) is 0.357. The molecular formula is C14H14BrClN2S. The largest absolute Gasteiger partial charge is 0.301 e. The van der Waals surface area contributed by atoms with Gasteiger partial charge in [-0.1, -0.05) is 17.7 Å². The number of aromatic nitrogens is 1. The molecule has 2 nitrogen and oxygen atoms in total. The molecule has 1 aromatic carbocycles. The lowest BCUT2D eigenvalue weighted by atomic mass is 10.1. The van der Waals surface area contributed by atoms with Gasteiger partial charge in [-0.3, -0.25) is 0 Å². The van der Waals surface area contributed by atoms with Crippen LogP contribution < -0.4 is 5.32 Å². The summed E-state index contributed by atoms with van der Waals surface area (Å²) in [5.74, 6) is 0. The Bertz CT molecular complexity index is 595. The van der Waals surface area contributed by atoms with Gasteiger partial charge < -0.3 is 5.32 Å². The van der Waals surface area contributed by atoms with E-state index in [-0.39, 0.29) is 6.04 Å². The first-order chi connectivity index (χ1) is 9.13. The van der Waals surface area contributed by atoms with Crippen LogP contribution in [0.1, 0.15) is 35.1 Å². The molecule has 1 atom stereocenters. The zero-order chi connectivity index (χ0) is 13.4. The van der Waals surface area contributed by atoms with Crippen LogP contribution in [0.25, 0.3) is 0 Å². The van der Waals surface area contributed by atoms with Crippen LogP contribution in [0.2, 0.25) is 5.02 Å². The van der Waals surface area contributed by atoms with Crippen LogP contribution in [0, 0.1) is 6.92 Å². The topological polar surface area (TPSA) is 24.9 Å². The Labute approximate surface area is 130 Å². The molecule has 19 heavy (non-hydrogen) atoms. The fourth-order valence-corrected chi connectivity index (χ4v) is 3.39. The van der Waals surface area contributed by atoms with E-state index in [1.807, 2.05) is 13.0 Å². The summed E-state index contributed by atoms with van der Waals surface area (Å²) >= 11 is 11.3. The van der Waals surface area contributed by atoms with Crippen molar-refractivity contribution in [2.75, 3.05) is 0 Å². The molecule has 0 amide bonds. The van der Waals surface area contributed by atoms with Crippen LogP contribution in [0.4, 0.5) is 0 Å². The summed E-state index contributed by atoms with van der Waals surface area (Å²) in [5.41, 5.74) is 2.29. The third-order valence-corrected chi connectivity index (χ3v) is 5.38. The lowest BCUT2D eigenvalue weighted by Gasteiger charge is -2.17. The van der Waals surface area contributed by atoms with Crippen molar-refractivity contribution in [2.45, 2.75) is 31.8 Å². The van der Waals surface area contributed by atoms with Crippen molar-refractivity contribution in [1.82, 2.24) is 10.3 Å². The summed E-state index contributed by atoms with van der Waals surface area (Å²) in [7, 11) is 0. The van der Waals surface area contributed by atoms with E-state index < -0.39 is 0 Å². The van der Waals surface area contributed by atoms with Crippen molar-refractivity contribution in [3.8, 4) is 0 Å². The van der Waals surface area contributed by atoms with Gasteiger partial charge in [0, 0.05) is 21.6 Å². The van der Waals surface area contributed by atoms with Crippen molar-refractivity contribution < 1.29 is 0 Å². The molecule has 0 bridgehead atoms. The Morgan fingerprint density at radius 2 is 2.26 bits per heavy atom. The lowest BCUT2D eigenvalue weighted by Crippen LogP contribution is -2.24. The van der Waals surface area contributed by atoms with Gasteiger partial charge >= 0.3 is 0 Å². The molecule has 0 spiro atoms. The molecular weight excluding hydrogens is 344 g/mol. The standard InChI is InChI=1S/C14H14BrClN2S/c1-8-7-19-14(17-8)13(18-10-3-4-10)9-2-5-12(16)11(15)6-9/h2,5-7,10,13,18H,3-4H2,1H3. The molecule has 100 valence electrons. The second-order valence-corrected chi connectivity index (χ2v) is 7.03. The van der Waals surface area contributed by atoms with Crippen LogP contribution in [0.5, 0.6) is 0 Å². The maximum absolute atomic E-state index is 6.07. The molecule has 1 heterocycles. The summed E-state index contributed by atoms with van der Waals surface area (Å²) in [6.07, 6.45) is 2.52. The Morgan fingerprint density at radius 3 is 2.84 bits per heavy atom. The summed E-state index contributed by atoms with van der Waals surface area (Å²) in [4.78, 5) is 4.63. The summed E-state index contributed by atoms with van der Waals surface area (Å²) in [6.45, 7) is 2.03. The molecule has 2 aromatic rings. The van der Waals surface area contributed by atoms with Gasteiger partial charge in [0.25, 0.3) is 0 Å². The van der Waals surface area contributed by atoms with Gasteiger partial charge in [0.05, 0.1) is 11.1 Å². The monoisotopic (exact) mass is 356 g/mol. The van der Waals surface area contributed by atoms with Crippen LogP contribution in [-0.4, -0.2) is 11.0 Å². The van der Waals surface area contributed by atoms with Gasteiger partial charge in [-0.25, -0.2) is 4.98 Å². The van der Waals surface area contributed by atoms with E-state index in [0.717, 1.165) is 20.2 Å². The van der Waals surface area contributed by atoms with Gasteiger partial charge in [-0.2, -0.15) is 0 Å². The highest BCUT2D eigenvalue weighted by atomic mass is 79.9. The lowest BCUT2D eigenvalue weighted by molar-refractivity contribution is 0.597. The first kappa shape index (κ1) is 13.6. The zero-order valence-corrected chi connectivity index (χ0v) is 13.6. The van der Waals surface area contributed by atoms with E-state index in [0.29, 0.717) is 6.04 Å². The average molecular weight is 358 g/mol. The third kappa shape index (κ3) is 3.19. The molecule has 0 aliphatic heterocycles. The van der Waals surface area contributed by atoms with E-state index in [2.05, 4.69) is 43.7 Å². The summed E-state index contributed by atoms with van der Waals surface area (Å²) in [6, 6.07) is 6.88. The summed E-state index contributed by atoms with van der Waals surface area (Å²) in [5, 5.41) is 7.63. The van der Waals surface area contributed by atoms with E-state index in [9.17, 15) is 0 Å². The minimum absolute atomic E-state index is 0.166. The van der Waals surface area contributed by atoms with Crippen molar-refractivity contribution >= 4 is 38.9 Å². The normalized spacial score (nSPS) is 16.6. The van der Waals surface area contributed by atoms with Gasteiger partial charge in [0.2, 0.25) is 0 Å². The van der Waals surface area contributed by atoms with E-state index >= 15 is 0 Å². The van der Waals surface area contributed by atoms with Crippen molar-refractivity contribution in [2.24, 2.45) is 0 Å². The first-order valence-corrected chi connectivity index (χ1v) is 8.31. The number of nitrogens with zero attached hydrogens (tertiary/aromatic N) is 1. The van der Waals surface area contributed by atoms with Gasteiger partial charge in [-0.05, 0) is 53.4 Å². The van der Waals surface area contributed by atoms with E-state index in [1.54, 1.807) is 11.3 Å². The summed E-state index contributed by atoms with van der Waals surface area (Å²) < 4.78 is 0.933. The maximum atomic E-state index is 6.07. The highest BCUT2D eigenvalue weighted by Gasteiger charge is 2.28. The fourth-order valence-electron chi connectivity index (χ4n) is 1.99. The second kappa shape index (κ2) is 5.52. The maximum Gasteiger partial charge on any atom is 0.114 e. The molecule has 1 aliphatic carbocycles. The van der Waals surface area contributed by atoms with Gasteiger partial charge in [-0.15, -0.1) is 11.3 Å². The SMILES string of the molecule is Cc1csc(C(NC2CC2)c2ccc(Cl)c(Br)c2)n1. The molecule has 5 heteroatoms. The first-order valence-electron chi connectivity index (χ1n) is 6.26. The number of thiazole rings is 1. The molecule has 1 aromatic heterocycles. The van der Waals surface area contributed by atoms with E-state index in [4.69, 9.17) is 11.6 Å². The molecule has 1 N–H and O–H groups in total.